The molecule has 0 saturated carbocycles. The second-order valence-electron chi connectivity index (χ2n) is 10.2. The van der Waals surface area contributed by atoms with Gasteiger partial charge in [0, 0.05) is 0 Å². The van der Waals surface area contributed by atoms with Crippen LogP contribution in [0.1, 0.15) is 31.9 Å². The van der Waals surface area contributed by atoms with E-state index in [1.54, 1.807) is 24.3 Å². The summed E-state index contributed by atoms with van der Waals surface area (Å²) in [6, 6.07) is 19.2. The number of benzene rings is 3. The predicted molar refractivity (Wildman–Crippen MR) is 147 cm³/mol. The largest absolute Gasteiger partial charge is 0.497 e. The Morgan fingerprint density at radius 1 is 1.08 bits per heavy atom. The van der Waals surface area contributed by atoms with Crippen LogP contribution >= 0.6 is 0 Å². The van der Waals surface area contributed by atoms with Gasteiger partial charge in [0.15, 0.2) is 6.10 Å². The van der Waals surface area contributed by atoms with Gasteiger partial charge in [-0.3, -0.25) is 9.10 Å². The van der Waals surface area contributed by atoms with E-state index in [4.69, 9.17) is 14.2 Å². The normalized spacial score (nSPS) is 15.3. The number of hydrogen-bond acceptors (Lipinski definition) is 6. The third-order valence-electron chi connectivity index (χ3n) is 6.28. The predicted octanol–water partition coefficient (Wildman–Crippen LogP) is 4.45. The minimum atomic E-state index is -3.97. The molecule has 1 amide bonds. The molecule has 1 heterocycles. The molecule has 3 aromatic rings. The Balaban J connectivity index is 1.48. The lowest BCUT2D eigenvalue weighted by molar-refractivity contribution is -0.127. The van der Waals surface area contributed by atoms with Crippen molar-refractivity contribution >= 4 is 21.6 Å². The van der Waals surface area contributed by atoms with Gasteiger partial charge in [-0.15, -0.1) is 0 Å². The molecule has 4 rings (SSSR count). The summed E-state index contributed by atoms with van der Waals surface area (Å²) in [4.78, 5) is 13.2. The van der Waals surface area contributed by atoms with E-state index in [-0.39, 0.29) is 30.0 Å². The van der Waals surface area contributed by atoms with E-state index in [1.807, 2.05) is 37.3 Å². The first kappa shape index (κ1) is 27.3. The second kappa shape index (κ2) is 10.9. The Kier molecular flexibility index (Phi) is 7.87. The number of amides is 1. The molecule has 0 unspecified atom stereocenters. The fourth-order valence-electron chi connectivity index (χ4n) is 4.26. The van der Waals surface area contributed by atoms with Crippen molar-refractivity contribution in [2.45, 2.75) is 44.1 Å². The maximum absolute atomic E-state index is 13.6. The molecule has 1 aliphatic heterocycles. The van der Waals surface area contributed by atoms with Crippen LogP contribution < -0.4 is 23.8 Å². The van der Waals surface area contributed by atoms with Crippen molar-refractivity contribution in [3.05, 3.63) is 77.9 Å². The van der Waals surface area contributed by atoms with E-state index < -0.39 is 22.0 Å². The Labute approximate surface area is 224 Å². The molecule has 0 saturated heterocycles. The van der Waals surface area contributed by atoms with Crippen molar-refractivity contribution in [1.29, 1.82) is 0 Å². The standard InChI is InChI=1S/C29H34N2O6S/c1-20-10-15-24-26(18-20)37-27(19-31(24)38(33,34)22-13-11-21(35-5)12-14-22)28(32)30-16-17-36-25-9-7-6-8-23(25)29(2,3)4/h6-15,18,27H,16-17,19H2,1-5H3,(H,30,32)/t27-/m0/s1. The number of aryl methyl sites for hydroxylation is 1. The van der Waals surface area contributed by atoms with E-state index >= 15 is 0 Å². The summed E-state index contributed by atoms with van der Waals surface area (Å²) < 4.78 is 45.5. The first-order valence-electron chi connectivity index (χ1n) is 12.4. The van der Waals surface area contributed by atoms with Gasteiger partial charge in [-0.25, -0.2) is 8.42 Å². The number of carbonyl (C=O) groups excluding carboxylic acids is 1. The SMILES string of the molecule is COc1ccc(S(=O)(=O)N2C[C@@H](C(=O)NCCOc3ccccc3C(C)(C)C)Oc3cc(C)ccc32)cc1. The molecule has 1 atom stereocenters. The van der Waals surface area contributed by atoms with Crippen LogP contribution in [0.5, 0.6) is 17.2 Å². The number of ether oxygens (including phenoxy) is 3. The van der Waals surface area contributed by atoms with Gasteiger partial charge in [0.2, 0.25) is 0 Å². The number of methoxy groups -OCH3 is 1. The number of carbonyl (C=O) groups is 1. The zero-order valence-electron chi connectivity index (χ0n) is 22.4. The number of para-hydroxylation sites is 1. The molecule has 8 nitrogen and oxygen atoms in total. The van der Waals surface area contributed by atoms with Gasteiger partial charge in [0.05, 0.1) is 30.8 Å². The Morgan fingerprint density at radius 2 is 1.79 bits per heavy atom. The molecule has 0 radical (unpaired) electrons. The zero-order valence-corrected chi connectivity index (χ0v) is 23.2. The molecule has 0 fully saturated rings. The van der Waals surface area contributed by atoms with Crippen LogP contribution in [0, 0.1) is 6.92 Å². The van der Waals surface area contributed by atoms with Crippen molar-refractivity contribution in [2.75, 3.05) is 31.1 Å². The van der Waals surface area contributed by atoms with Crippen molar-refractivity contribution in [2.24, 2.45) is 0 Å². The molecular formula is C29H34N2O6S. The van der Waals surface area contributed by atoms with Crippen molar-refractivity contribution in [1.82, 2.24) is 5.32 Å². The van der Waals surface area contributed by atoms with Crippen LogP contribution in [0.3, 0.4) is 0 Å². The van der Waals surface area contributed by atoms with Crippen LogP contribution in [0.4, 0.5) is 5.69 Å². The molecule has 1 N–H and O–H groups in total. The zero-order chi connectivity index (χ0) is 27.5. The minimum Gasteiger partial charge on any atom is -0.497 e. The summed E-state index contributed by atoms with van der Waals surface area (Å²) in [5, 5.41) is 2.83. The summed E-state index contributed by atoms with van der Waals surface area (Å²) in [7, 11) is -2.45. The summed E-state index contributed by atoms with van der Waals surface area (Å²) >= 11 is 0. The maximum atomic E-state index is 13.6. The quantitative estimate of drug-likeness (QED) is 0.426. The average Bonchev–Trinajstić information content (AvgIpc) is 2.89. The average molecular weight is 539 g/mol. The van der Waals surface area contributed by atoms with Gasteiger partial charge in [-0.2, -0.15) is 0 Å². The van der Waals surface area contributed by atoms with Crippen LogP contribution in [0.2, 0.25) is 0 Å². The number of fused-ring (bicyclic) bond motifs is 1. The smallest absolute Gasteiger partial charge is 0.264 e. The lowest BCUT2D eigenvalue weighted by atomic mass is 9.86. The fraction of sp³-hybridized carbons (Fsp3) is 0.345. The van der Waals surface area contributed by atoms with E-state index in [9.17, 15) is 13.2 Å². The molecule has 202 valence electrons. The second-order valence-corrected chi connectivity index (χ2v) is 12.0. The minimum absolute atomic E-state index is 0.0832. The number of nitrogens with zero attached hydrogens (tertiary/aromatic N) is 1. The van der Waals surface area contributed by atoms with Gasteiger partial charge < -0.3 is 19.5 Å². The molecule has 9 heteroatoms. The molecule has 38 heavy (non-hydrogen) atoms. The van der Waals surface area contributed by atoms with Crippen molar-refractivity contribution in [3.8, 4) is 17.2 Å². The summed E-state index contributed by atoms with van der Waals surface area (Å²) in [6.45, 7) is 8.55. The molecule has 0 spiro atoms. The number of hydrogen-bond donors (Lipinski definition) is 1. The monoisotopic (exact) mass is 538 g/mol. The van der Waals surface area contributed by atoms with Crippen LogP contribution in [0.25, 0.3) is 0 Å². The number of anilines is 1. The van der Waals surface area contributed by atoms with E-state index in [0.717, 1.165) is 16.9 Å². The van der Waals surface area contributed by atoms with Crippen LogP contribution in [0.15, 0.2) is 71.6 Å². The molecule has 0 aromatic heterocycles. The van der Waals surface area contributed by atoms with Crippen LogP contribution in [-0.4, -0.2) is 47.2 Å². The third kappa shape index (κ3) is 5.88. The van der Waals surface area contributed by atoms with Gasteiger partial charge in [-0.1, -0.05) is 45.0 Å². The summed E-state index contributed by atoms with van der Waals surface area (Å²) in [5.41, 5.74) is 2.27. The molecule has 1 aliphatic rings. The number of nitrogens with one attached hydrogen (secondary N) is 1. The number of sulfonamides is 1. The first-order chi connectivity index (χ1) is 18.0. The Bertz CT molecular complexity index is 1400. The van der Waals surface area contributed by atoms with Gasteiger partial charge in [0.25, 0.3) is 15.9 Å². The highest BCUT2D eigenvalue weighted by atomic mass is 32.2. The first-order valence-corrected chi connectivity index (χ1v) is 13.9. The molecule has 0 aliphatic carbocycles. The molecular weight excluding hydrogens is 504 g/mol. The lowest BCUT2D eigenvalue weighted by Gasteiger charge is -2.35. The van der Waals surface area contributed by atoms with Crippen molar-refractivity contribution in [3.63, 3.8) is 0 Å². The van der Waals surface area contributed by atoms with Crippen molar-refractivity contribution < 1.29 is 27.4 Å². The molecule has 0 bridgehead atoms. The number of rotatable bonds is 8. The summed E-state index contributed by atoms with van der Waals surface area (Å²) in [6.07, 6.45) is -1.03. The van der Waals surface area contributed by atoms with E-state index in [2.05, 4.69) is 26.1 Å². The highest BCUT2D eigenvalue weighted by molar-refractivity contribution is 7.92. The topological polar surface area (TPSA) is 94.2 Å². The van der Waals surface area contributed by atoms with Gasteiger partial charge in [-0.05, 0) is 65.9 Å². The third-order valence-corrected chi connectivity index (χ3v) is 8.07. The lowest BCUT2D eigenvalue weighted by Crippen LogP contribution is -2.51. The van der Waals surface area contributed by atoms with Gasteiger partial charge in [0.1, 0.15) is 23.9 Å². The Morgan fingerprint density at radius 3 is 2.47 bits per heavy atom. The highest BCUT2D eigenvalue weighted by Gasteiger charge is 2.37. The van der Waals surface area contributed by atoms with Crippen LogP contribution in [-0.2, 0) is 20.2 Å². The van der Waals surface area contributed by atoms with E-state index in [0.29, 0.717) is 17.2 Å². The maximum Gasteiger partial charge on any atom is 0.264 e. The van der Waals surface area contributed by atoms with E-state index in [1.165, 1.54) is 23.5 Å². The Hall–Kier alpha value is -3.72. The summed E-state index contributed by atoms with van der Waals surface area (Å²) in [5.74, 6) is 1.24. The fourth-order valence-corrected chi connectivity index (χ4v) is 5.74. The van der Waals surface area contributed by atoms with Gasteiger partial charge >= 0.3 is 0 Å². The highest BCUT2D eigenvalue weighted by Crippen LogP contribution is 2.38. The molecule has 3 aromatic carbocycles.